The molecular weight excluding hydrogens is 382 g/mol. The Hall–Kier alpha value is -3.59. The number of benzene rings is 1. The SMILES string of the molecule is CC(c1cccc(-c2ncn(C3COC3)n2)c1)c1nn(-c2cnn(C)c2)ccc1=O. The van der Waals surface area contributed by atoms with Crippen LogP contribution in [0.1, 0.15) is 30.1 Å². The van der Waals surface area contributed by atoms with Crippen LogP contribution < -0.4 is 5.43 Å². The van der Waals surface area contributed by atoms with Gasteiger partial charge in [-0.3, -0.25) is 9.48 Å². The second-order valence-electron chi connectivity index (χ2n) is 7.47. The zero-order chi connectivity index (χ0) is 20.7. The van der Waals surface area contributed by atoms with Crippen molar-refractivity contribution in [2.24, 2.45) is 7.05 Å². The molecule has 30 heavy (non-hydrogen) atoms. The van der Waals surface area contributed by atoms with E-state index in [1.807, 2.05) is 49.1 Å². The van der Waals surface area contributed by atoms with Gasteiger partial charge in [0, 0.05) is 30.8 Å². The highest BCUT2D eigenvalue weighted by Crippen LogP contribution is 2.25. The topological polar surface area (TPSA) is 92.7 Å². The fourth-order valence-electron chi connectivity index (χ4n) is 3.46. The van der Waals surface area contributed by atoms with Crippen molar-refractivity contribution >= 4 is 0 Å². The average Bonchev–Trinajstić information content (AvgIpc) is 3.36. The molecule has 0 aliphatic carbocycles. The Labute approximate surface area is 172 Å². The van der Waals surface area contributed by atoms with E-state index in [0.29, 0.717) is 24.7 Å². The standard InChI is InChI=1S/C21H21N7O2/c1-14(20-19(29)6-7-27(24-20)17-9-23-26(2)10-17)15-4-3-5-16(8-15)21-22-13-28(25-21)18-11-30-12-18/h3-10,13-14,18H,11-12H2,1-2H3. The smallest absolute Gasteiger partial charge is 0.203 e. The number of aryl methyl sites for hydroxylation is 1. The lowest BCUT2D eigenvalue weighted by Gasteiger charge is -2.25. The van der Waals surface area contributed by atoms with Gasteiger partial charge in [0.05, 0.1) is 25.6 Å². The molecule has 0 radical (unpaired) electrons. The molecule has 9 heteroatoms. The maximum Gasteiger partial charge on any atom is 0.203 e. The van der Waals surface area contributed by atoms with Gasteiger partial charge in [-0.25, -0.2) is 14.3 Å². The van der Waals surface area contributed by atoms with Crippen molar-refractivity contribution in [2.45, 2.75) is 18.9 Å². The first-order valence-corrected chi connectivity index (χ1v) is 9.76. The quantitative estimate of drug-likeness (QED) is 0.506. The molecule has 5 rings (SSSR count). The Kier molecular flexibility index (Phi) is 4.51. The molecule has 1 saturated heterocycles. The minimum Gasteiger partial charge on any atom is -0.377 e. The summed E-state index contributed by atoms with van der Waals surface area (Å²) in [6.07, 6.45) is 6.96. The van der Waals surface area contributed by atoms with Gasteiger partial charge in [0.15, 0.2) is 5.82 Å². The molecule has 0 bridgehead atoms. The van der Waals surface area contributed by atoms with Crippen LogP contribution in [0.3, 0.4) is 0 Å². The summed E-state index contributed by atoms with van der Waals surface area (Å²) in [5, 5.41) is 13.3. The Morgan fingerprint density at radius 2 is 2.07 bits per heavy atom. The summed E-state index contributed by atoms with van der Waals surface area (Å²) in [4.78, 5) is 17.0. The van der Waals surface area contributed by atoms with Crippen molar-refractivity contribution in [1.29, 1.82) is 0 Å². The van der Waals surface area contributed by atoms with E-state index in [0.717, 1.165) is 16.8 Å². The highest BCUT2D eigenvalue weighted by molar-refractivity contribution is 5.56. The third kappa shape index (κ3) is 3.33. The number of aromatic nitrogens is 7. The minimum atomic E-state index is -0.191. The molecule has 0 spiro atoms. The van der Waals surface area contributed by atoms with Crippen LogP contribution in [0.25, 0.3) is 17.1 Å². The van der Waals surface area contributed by atoms with Gasteiger partial charge < -0.3 is 4.74 Å². The van der Waals surface area contributed by atoms with E-state index in [2.05, 4.69) is 20.3 Å². The second kappa shape index (κ2) is 7.34. The number of hydrogen-bond donors (Lipinski definition) is 0. The highest BCUT2D eigenvalue weighted by atomic mass is 16.5. The van der Waals surface area contributed by atoms with E-state index < -0.39 is 0 Å². The Balaban J connectivity index is 1.46. The summed E-state index contributed by atoms with van der Waals surface area (Å²) < 4.78 is 10.4. The van der Waals surface area contributed by atoms with E-state index in [1.165, 1.54) is 0 Å². The number of nitrogens with zero attached hydrogens (tertiary/aromatic N) is 7. The van der Waals surface area contributed by atoms with E-state index in [4.69, 9.17) is 4.74 Å². The average molecular weight is 403 g/mol. The fourth-order valence-corrected chi connectivity index (χ4v) is 3.46. The Morgan fingerprint density at radius 3 is 2.80 bits per heavy atom. The minimum absolute atomic E-state index is 0.0968. The van der Waals surface area contributed by atoms with Crippen molar-refractivity contribution in [3.63, 3.8) is 0 Å². The van der Waals surface area contributed by atoms with Crippen LogP contribution in [0.15, 0.2) is 60.0 Å². The van der Waals surface area contributed by atoms with Crippen LogP contribution in [-0.4, -0.2) is 47.5 Å². The third-order valence-corrected chi connectivity index (χ3v) is 5.35. The lowest BCUT2D eigenvalue weighted by atomic mass is 9.95. The lowest BCUT2D eigenvalue weighted by Crippen LogP contribution is -2.30. The van der Waals surface area contributed by atoms with Gasteiger partial charge in [0.2, 0.25) is 5.43 Å². The van der Waals surface area contributed by atoms with Crippen molar-refractivity contribution in [3.8, 4) is 17.1 Å². The predicted octanol–water partition coefficient (Wildman–Crippen LogP) is 1.95. The fraction of sp³-hybridized carbons (Fsp3) is 0.286. The molecule has 1 aliphatic rings. The maximum absolute atomic E-state index is 12.6. The molecule has 0 saturated carbocycles. The van der Waals surface area contributed by atoms with E-state index >= 15 is 0 Å². The Bertz CT molecular complexity index is 1250. The number of hydrogen-bond acceptors (Lipinski definition) is 6. The van der Waals surface area contributed by atoms with Crippen LogP contribution >= 0.6 is 0 Å². The van der Waals surface area contributed by atoms with Gasteiger partial charge in [-0.2, -0.15) is 15.3 Å². The zero-order valence-corrected chi connectivity index (χ0v) is 16.7. The molecule has 4 aromatic rings. The first kappa shape index (κ1) is 18.4. The van der Waals surface area contributed by atoms with Crippen molar-refractivity contribution in [3.05, 3.63) is 76.7 Å². The first-order chi connectivity index (χ1) is 14.6. The molecule has 0 amide bonds. The van der Waals surface area contributed by atoms with Crippen LogP contribution in [0.5, 0.6) is 0 Å². The number of ether oxygens (including phenoxy) is 1. The number of rotatable bonds is 5. The summed E-state index contributed by atoms with van der Waals surface area (Å²) in [7, 11) is 1.84. The molecule has 1 aromatic carbocycles. The Morgan fingerprint density at radius 1 is 1.20 bits per heavy atom. The van der Waals surface area contributed by atoms with Gasteiger partial charge >= 0.3 is 0 Å². The van der Waals surface area contributed by atoms with Gasteiger partial charge in [0.25, 0.3) is 0 Å². The van der Waals surface area contributed by atoms with Crippen molar-refractivity contribution in [1.82, 2.24) is 34.3 Å². The van der Waals surface area contributed by atoms with Gasteiger partial charge in [-0.05, 0) is 11.6 Å². The van der Waals surface area contributed by atoms with E-state index in [-0.39, 0.29) is 17.4 Å². The molecule has 0 N–H and O–H groups in total. The lowest BCUT2D eigenvalue weighted by molar-refractivity contribution is -0.0287. The van der Waals surface area contributed by atoms with Crippen LogP contribution in [0, 0.1) is 0 Å². The summed E-state index contributed by atoms with van der Waals surface area (Å²) in [5.74, 6) is 0.466. The maximum atomic E-state index is 12.6. The van der Waals surface area contributed by atoms with Crippen LogP contribution in [-0.2, 0) is 11.8 Å². The largest absolute Gasteiger partial charge is 0.377 e. The molecule has 9 nitrogen and oxygen atoms in total. The summed E-state index contributed by atoms with van der Waals surface area (Å²) in [5.41, 5.74) is 3.06. The normalized spacial score (nSPS) is 15.1. The molecule has 1 atom stereocenters. The molecule has 4 heterocycles. The van der Waals surface area contributed by atoms with E-state index in [1.54, 1.807) is 34.2 Å². The summed E-state index contributed by atoms with van der Waals surface area (Å²) in [6.45, 7) is 3.32. The van der Waals surface area contributed by atoms with Crippen LogP contribution in [0.2, 0.25) is 0 Å². The molecule has 1 fully saturated rings. The molecular formula is C21H21N7O2. The van der Waals surface area contributed by atoms with Gasteiger partial charge in [-0.1, -0.05) is 25.1 Å². The van der Waals surface area contributed by atoms with E-state index in [9.17, 15) is 4.79 Å². The zero-order valence-electron chi connectivity index (χ0n) is 16.7. The second-order valence-corrected chi connectivity index (χ2v) is 7.47. The van der Waals surface area contributed by atoms with Crippen molar-refractivity contribution in [2.75, 3.05) is 13.2 Å². The summed E-state index contributed by atoms with van der Waals surface area (Å²) in [6, 6.07) is 9.74. The highest BCUT2D eigenvalue weighted by Gasteiger charge is 2.22. The molecule has 152 valence electrons. The van der Waals surface area contributed by atoms with Gasteiger partial charge in [-0.15, -0.1) is 0 Å². The molecule has 3 aromatic heterocycles. The monoisotopic (exact) mass is 403 g/mol. The van der Waals surface area contributed by atoms with Gasteiger partial charge in [0.1, 0.15) is 23.8 Å². The van der Waals surface area contributed by atoms with Crippen LogP contribution in [0.4, 0.5) is 0 Å². The summed E-state index contributed by atoms with van der Waals surface area (Å²) >= 11 is 0. The van der Waals surface area contributed by atoms with Crippen molar-refractivity contribution < 1.29 is 4.74 Å². The first-order valence-electron chi connectivity index (χ1n) is 9.76. The molecule has 1 unspecified atom stereocenters. The molecule has 1 aliphatic heterocycles. The predicted molar refractivity (Wildman–Crippen MR) is 109 cm³/mol. The third-order valence-electron chi connectivity index (χ3n) is 5.35.